The number of rotatable bonds is 2. The Morgan fingerprint density at radius 1 is 1.44 bits per heavy atom. The van der Waals surface area contributed by atoms with Crippen molar-refractivity contribution < 1.29 is 14.7 Å². The van der Waals surface area contributed by atoms with Gasteiger partial charge in [-0.3, -0.25) is 9.59 Å². The van der Waals surface area contributed by atoms with Gasteiger partial charge in [0.05, 0.1) is 0 Å². The Balaban J connectivity index is 0.00000162. The van der Waals surface area contributed by atoms with Gasteiger partial charge >= 0.3 is 5.97 Å². The fourth-order valence-electron chi connectivity index (χ4n) is 1.87. The summed E-state index contributed by atoms with van der Waals surface area (Å²) in [5, 5.41) is 11.5. The van der Waals surface area contributed by atoms with Crippen LogP contribution in [0.3, 0.4) is 0 Å². The maximum absolute atomic E-state index is 11.6. The molecule has 0 saturated carbocycles. The molecular formula is C12H14KN2O3. The van der Waals surface area contributed by atoms with Crippen LogP contribution in [0.4, 0.5) is 11.4 Å². The minimum atomic E-state index is -1.08. The van der Waals surface area contributed by atoms with Crippen molar-refractivity contribution in [3.63, 3.8) is 0 Å². The molecule has 1 aliphatic heterocycles. The topological polar surface area (TPSA) is 69.6 Å². The maximum Gasteiger partial charge on any atom is 0.316 e. The van der Waals surface area contributed by atoms with Gasteiger partial charge in [0.2, 0.25) is 5.91 Å². The summed E-state index contributed by atoms with van der Waals surface area (Å²) in [5.74, 6) is -2.50. The van der Waals surface area contributed by atoms with Gasteiger partial charge in [0.25, 0.3) is 0 Å². The summed E-state index contributed by atoms with van der Waals surface area (Å²) in [6, 6.07) is 5.63. The zero-order valence-corrected chi connectivity index (χ0v) is 13.9. The monoisotopic (exact) mass is 273 g/mol. The Hall–Kier alpha value is -0.404. The second-order valence-corrected chi connectivity index (χ2v) is 4.32. The van der Waals surface area contributed by atoms with E-state index in [0.29, 0.717) is 5.69 Å². The third-order valence-corrected chi connectivity index (χ3v) is 2.91. The first-order chi connectivity index (χ1) is 7.99. The summed E-state index contributed by atoms with van der Waals surface area (Å²) in [5.41, 5.74) is 2.54. The molecule has 1 aromatic rings. The molecule has 0 aromatic heterocycles. The Labute approximate surface area is 148 Å². The Bertz CT molecular complexity index is 488. The van der Waals surface area contributed by atoms with E-state index in [1.807, 2.05) is 37.2 Å². The molecule has 1 radical (unpaired) electrons. The molecule has 0 aliphatic carbocycles. The zero-order chi connectivity index (χ0) is 12.6. The molecule has 1 heterocycles. The molecule has 6 heteroatoms. The molecule has 0 saturated heterocycles. The minimum Gasteiger partial charge on any atom is -0.481 e. The third kappa shape index (κ3) is 3.13. The fraction of sp³-hybridized carbons (Fsp3) is 0.333. The Morgan fingerprint density at radius 2 is 2.11 bits per heavy atom. The van der Waals surface area contributed by atoms with E-state index in [1.165, 1.54) is 0 Å². The number of fused-ring (bicyclic) bond motifs is 1. The van der Waals surface area contributed by atoms with Gasteiger partial charge in [0, 0.05) is 76.9 Å². The second-order valence-electron chi connectivity index (χ2n) is 4.32. The van der Waals surface area contributed by atoms with Gasteiger partial charge in [0.15, 0.2) is 0 Å². The van der Waals surface area contributed by atoms with Crippen LogP contribution in [0.2, 0.25) is 0 Å². The van der Waals surface area contributed by atoms with Gasteiger partial charge in [-0.25, -0.2) is 0 Å². The Kier molecular flexibility index (Phi) is 5.36. The maximum atomic E-state index is 11.6. The predicted octanol–water partition coefficient (Wildman–Crippen LogP) is 0.567. The molecule has 1 aromatic carbocycles. The van der Waals surface area contributed by atoms with Crippen molar-refractivity contribution in [2.45, 2.75) is 6.42 Å². The van der Waals surface area contributed by atoms with Crippen molar-refractivity contribution in [2.75, 3.05) is 24.3 Å². The molecule has 18 heavy (non-hydrogen) atoms. The van der Waals surface area contributed by atoms with Gasteiger partial charge in [0.1, 0.15) is 5.92 Å². The van der Waals surface area contributed by atoms with Crippen LogP contribution in [0.15, 0.2) is 18.2 Å². The van der Waals surface area contributed by atoms with Crippen LogP contribution in [0.25, 0.3) is 0 Å². The molecule has 1 aliphatic rings. The largest absolute Gasteiger partial charge is 0.481 e. The van der Waals surface area contributed by atoms with Crippen molar-refractivity contribution in [2.24, 2.45) is 5.92 Å². The van der Waals surface area contributed by atoms with E-state index in [-0.39, 0.29) is 57.8 Å². The summed E-state index contributed by atoms with van der Waals surface area (Å²) in [4.78, 5) is 24.4. The average molecular weight is 273 g/mol. The molecule has 91 valence electrons. The summed E-state index contributed by atoms with van der Waals surface area (Å²) >= 11 is 0. The van der Waals surface area contributed by atoms with Crippen LogP contribution in [-0.4, -0.2) is 82.5 Å². The van der Waals surface area contributed by atoms with Crippen molar-refractivity contribution in [3.8, 4) is 0 Å². The van der Waals surface area contributed by atoms with E-state index < -0.39 is 17.8 Å². The molecule has 0 fully saturated rings. The van der Waals surface area contributed by atoms with Gasteiger partial charge in [-0.1, -0.05) is 6.07 Å². The van der Waals surface area contributed by atoms with Crippen LogP contribution in [0.1, 0.15) is 5.56 Å². The number of benzene rings is 1. The first-order valence-electron chi connectivity index (χ1n) is 5.33. The fourth-order valence-corrected chi connectivity index (χ4v) is 1.87. The van der Waals surface area contributed by atoms with Crippen molar-refractivity contribution in [3.05, 3.63) is 23.8 Å². The number of hydrogen-bond acceptors (Lipinski definition) is 3. The number of carbonyl (C=O) groups excluding carboxylic acids is 1. The van der Waals surface area contributed by atoms with E-state index >= 15 is 0 Å². The smallest absolute Gasteiger partial charge is 0.316 e. The number of anilines is 2. The van der Waals surface area contributed by atoms with Crippen molar-refractivity contribution in [1.29, 1.82) is 0 Å². The van der Waals surface area contributed by atoms with E-state index in [4.69, 9.17) is 5.11 Å². The van der Waals surface area contributed by atoms with Crippen molar-refractivity contribution >= 4 is 74.6 Å². The number of nitrogens with zero attached hydrogens (tertiary/aromatic N) is 1. The first-order valence-corrected chi connectivity index (χ1v) is 5.33. The number of carboxylic acids is 1. The summed E-state index contributed by atoms with van der Waals surface area (Å²) in [6.45, 7) is 0. The standard InChI is InChI=1S/C12H14N2O3.K/c1-14(2)8-4-3-7-5-9(12(16)17)11(15)13-10(7)6-8;/h3-4,6,9H,5H2,1-2H3,(H,13,15)(H,16,17);. The van der Waals surface area contributed by atoms with Crippen LogP contribution in [-0.2, 0) is 16.0 Å². The number of amides is 1. The average Bonchev–Trinajstić information content (AvgIpc) is 2.26. The van der Waals surface area contributed by atoms with E-state index in [1.54, 1.807) is 0 Å². The number of carbonyl (C=O) groups is 2. The van der Waals surface area contributed by atoms with Crippen LogP contribution in [0, 0.1) is 5.92 Å². The van der Waals surface area contributed by atoms with Crippen molar-refractivity contribution in [1.82, 2.24) is 0 Å². The molecule has 1 amide bonds. The quantitative estimate of drug-likeness (QED) is 0.610. The SMILES string of the molecule is CN(C)c1ccc2c(c1)NC(=O)C(C(=O)O)C2.[K]. The molecular weight excluding hydrogens is 259 g/mol. The van der Waals surface area contributed by atoms with Crippen LogP contribution < -0.4 is 10.2 Å². The van der Waals surface area contributed by atoms with Gasteiger partial charge in [-0.2, -0.15) is 0 Å². The van der Waals surface area contributed by atoms with E-state index in [9.17, 15) is 9.59 Å². The second kappa shape index (κ2) is 6.16. The van der Waals surface area contributed by atoms with Crippen LogP contribution >= 0.6 is 0 Å². The first kappa shape index (κ1) is 15.7. The van der Waals surface area contributed by atoms with Crippen LogP contribution in [0.5, 0.6) is 0 Å². The summed E-state index contributed by atoms with van der Waals surface area (Å²) in [6.07, 6.45) is 0.254. The zero-order valence-electron chi connectivity index (χ0n) is 10.7. The number of carboxylic acid groups (broad SMARTS) is 1. The van der Waals surface area contributed by atoms with Gasteiger partial charge < -0.3 is 15.3 Å². The predicted molar refractivity (Wildman–Crippen MR) is 70.0 cm³/mol. The number of hydrogen-bond donors (Lipinski definition) is 2. The number of nitrogens with one attached hydrogen (secondary N) is 1. The van der Waals surface area contributed by atoms with E-state index in [2.05, 4.69) is 5.32 Å². The molecule has 0 bridgehead atoms. The normalized spacial score (nSPS) is 17.2. The van der Waals surface area contributed by atoms with Gasteiger partial charge in [-0.15, -0.1) is 0 Å². The summed E-state index contributed by atoms with van der Waals surface area (Å²) in [7, 11) is 3.82. The minimum absolute atomic E-state index is 0. The summed E-state index contributed by atoms with van der Waals surface area (Å²) < 4.78 is 0. The molecule has 1 atom stereocenters. The molecule has 2 N–H and O–H groups in total. The van der Waals surface area contributed by atoms with E-state index in [0.717, 1.165) is 11.3 Å². The molecule has 0 spiro atoms. The number of aliphatic carboxylic acids is 1. The van der Waals surface area contributed by atoms with Gasteiger partial charge in [-0.05, 0) is 24.1 Å². The Morgan fingerprint density at radius 3 is 2.67 bits per heavy atom. The molecule has 2 rings (SSSR count). The molecule has 5 nitrogen and oxygen atoms in total. The third-order valence-electron chi connectivity index (χ3n) is 2.91. The molecule has 1 unspecified atom stereocenters.